The van der Waals surface area contributed by atoms with Crippen LogP contribution in [0.3, 0.4) is 0 Å². The number of amides is 3. The molecule has 1 aromatic carbocycles. The number of hydrogen-bond donors (Lipinski definition) is 2. The predicted molar refractivity (Wildman–Crippen MR) is 87.8 cm³/mol. The Morgan fingerprint density at radius 1 is 1.15 bits per heavy atom. The van der Waals surface area contributed by atoms with Crippen molar-refractivity contribution in [3.63, 3.8) is 0 Å². The molecule has 0 heterocycles. The molecule has 0 radical (unpaired) electrons. The largest absolute Gasteiger partial charge is 0.452 e. The number of esters is 1. The third kappa shape index (κ3) is 8.32. The Bertz CT molecular complexity index is 668. The van der Waals surface area contributed by atoms with E-state index >= 15 is 0 Å². The van der Waals surface area contributed by atoms with Crippen LogP contribution >= 0.6 is 0 Å². The van der Waals surface area contributed by atoms with Gasteiger partial charge in [0.1, 0.15) is 0 Å². The number of hydrogen-bond acceptors (Lipinski definition) is 4. The van der Waals surface area contributed by atoms with E-state index in [9.17, 15) is 27.6 Å². The fourth-order valence-corrected chi connectivity index (χ4v) is 1.64. The van der Waals surface area contributed by atoms with E-state index in [4.69, 9.17) is 0 Å². The molecule has 2 N–H and O–H groups in total. The molecule has 6 nitrogen and oxygen atoms in total. The average molecular weight is 372 g/mol. The topological polar surface area (TPSA) is 84.5 Å². The zero-order chi connectivity index (χ0) is 19.7. The van der Waals surface area contributed by atoms with Crippen LogP contribution in [0.15, 0.2) is 30.3 Å². The number of rotatable bonds is 6. The highest BCUT2D eigenvalue weighted by molar-refractivity contribution is 5.96. The Hall–Kier alpha value is -2.84. The second kappa shape index (κ2) is 9.59. The molecule has 3 amide bonds. The molecule has 0 atom stereocenters. The van der Waals surface area contributed by atoms with Gasteiger partial charge in [-0.3, -0.25) is 10.1 Å². The Labute approximate surface area is 148 Å². The molecule has 0 aliphatic rings. The molecule has 26 heavy (non-hydrogen) atoms. The normalized spacial score (nSPS) is 11.5. The fourth-order valence-electron chi connectivity index (χ4n) is 1.64. The minimum atomic E-state index is -4.43. The van der Waals surface area contributed by atoms with Crippen LogP contribution in [0.4, 0.5) is 18.0 Å². The van der Waals surface area contributed by atoms with Gasteiger partial charge in [-0.15, -0.1) is 0 Å². The van der Waals surface area contributed by atoms with Crippen molar-refractivity contribution in [3.8, 4) is 0 Å². The van der Waals surface area contributed by atoms with E-state index in [0.29, 0.717) is 12.1 Å². The Kier molecular flexibility index (Phi) is 7.82. The lowest BCUT2D eigenvalue weighted by Gasteiger charge is -2.08. The molecule has 0 bridgehead atoms. The van der Waals surface area contributed by atoms with E-state index in [-0.39, 0.29) is 5.92 Å². The zero-order valence-corrected chi connectivity index (χ0v) is 14.2. The Balaban J connectivity index is 2.40. The van der Waals surface area contributed by atoms with E-state index in [1.54, 1.807) is 0 Å². The van der Waals surface area contributed by atoms with Crippen molar-refractivity contribution in [1.82, 2.24) is 10.6 Å². The summed E-state index contributed by atoms with van der Waals surface area (Å²) in [4.78, 5) is 34.2. The van der Waals surface area contributed by atoms with Crippen LogP contribution in [-0.4, -0.2) is 31.1 Å². The summed E-state index contributed by atoms with van der Waals surface area (Å²) < 4.78 is 41.9. The number of benzene rings is 1. The van der Waals surface area contributed by atoms with Crippen LogP contribution in [0.2, 0.25) is 0 Å². The molecule has 0 aliphatic carbocycles. The van der Waals surface area contributed by atoms with Gasteiger partial charge in [-0.25, -0.2) is 9.59 Å². The van der Waals surface area contributed by atoms with Gasteiger partial charge in [0, 0.05) is 12.6 Å². The first kappa shape index (κ1) is 21.2. The summed E-state index contributed by atoms with van der Waals surface area (Å²) in [5.41, 5.74) is -0.447. The Morgan fingerprint density at radius 2 is 1.77 bits per heavy atom. The van der Waals surface area contributed by atoms with Crippen LogP contribution in [0, 0.1) is 5.92 Å². The SMILES string of the molecule is CC(C)CNC(=O)NC(=O)COC(=O)/C=C/c1ccc(C(F)(F)F)cc1. The van der Waals surface area contributed by atoms with E-state index in [1.807, 2.05) is 19.2 Å². The maximum atomic E-state index is 12.4. The standard InChI is InChI=1S/C17H19F3N2O4/c1-11(2)9-21-16(25)22-14(23)10-26-15(24)8-5-12-3-6-13(7-4-12)17(18,19)20/h3-8,11H,9-10H2,1-2H3,(H2,21,22,23,25)/b8-5+. The van der Waals surface area contributed by atoms with Gasteiger partial charge in [0.15, 0.2) is 6.61 Å². The molecule has 0 saturated carbocycles. The van der Waals surface area contributed by atoms with Crippen molar-refractivity contribution in [2.24, 2.45) is 5.92 Å². The summed E-state index contributed by atoms with van der Waals surface area (Å²) in [7, 11) is 0. The summed E-state index contributed by atoms with van der Waals surface area (Å²) in [6, 6.07) is 3.46. The summed E-state index contributed by atoms with van der Waals surface area (Å²) in [5.74, 6) is -1.46. The lowest BCUT2D eigenvalue weighted by Crippen LogP contribution is -2.42. The molecule has 9 heteroatoms. The lowest BCUT2D eigenvalue weighted by molar-refractivity contribution is -0.143. The smallest absolute Gasteiger partial charge is 0.416 e. The van der Waals surface area contributed by atoms with Crippen molar-refractivity contribution in [2.75, 3.05) is 13.2 Å². The second-order valence-electron chi connectivity index (χ2n) is 5.71. The first-order chi connectivity index (χ1) is 12.1. The number of alkyl halides is 3. The van der Waals surface area contributed by atoms with Crippen molar-refractivity contribution in [2.45, 2.75) is 20.0 Å². The van der Waals surface area contributed by atoms with Gasteiger partial charge < -0.3 is 10.1 Å². The quantitative estimate of drug-likeness (QED) is 0.594. The minimum Gasteiger partial charge on any atom is -0.452 e. The van der Waals surface area contributed by atoms with Crippen molar-refractivity contribution in [3.05, 3.63) is 41.5 Å². The maximum absolute atomic E-state index is 12.4. The Morgan fingerprint density at radius 3 is 2.31 bits per heavy atom. The second-order valence-corrected chi connectivity index (χ2v) is 5.71. The minimum absolute atomic E-state index is 0.212. The van der Waals surface area contributed by atoms with E-state index in [0.717, 1.165) is 18.2 Å². The van der Waals surface area contributed by atoms with Gasteiger partial charge in [0.05, 0.1) is 5.56 Å². The van der Waals surface area contributed by atoms with E-state index in [1.165, 1.54) is 18.2 Å². The molecule has 0 aromatic heterocycles. The van der Waals surface area contributed by atoms with Gasteiger partial charge in [-0.1, -0.05) is 26.0 Å². The van der Waals surface area contributed by atoms with Gasteiger partial charge in [-0.05, 0) is 29.7 Å². The van der Waals surface area contributed by atoms with Crippen LogP contribution < -0.4 is 10.6 Å². The zero-order valence-electron chi connectivity index (χ0n) is 14.2. The van der Waals surface area contributed by atoms with Gasteiger partial charge in [0.25, 0.3) is 5.91 Å². The third-order valence-corrected chi connectivity index (χ3v) is 2.92. The molecular formula is C17H19F3N2O4. The first-order valence-electron chi connectivity index (χ1n) is 7.67. The molecule has 1 rings (SSSR count). The monoisotopic (exact) mass is 372 g/mol. The van der Waals surface area contributed by atoms with Crippen LogP contribution in [0.25, 0.3) is 6.08 Å². The summed E-state index contributed by atoms with van der Waals surface area (Å²) in [6.07, 6.45) is -2.22. The molecule has 0 saturated heterocycles. The summed E-state index contributed by atoms with van der Waals surface area (Å²) in [6.45, 7) is 3.49. The summed E-state index contributed by atoms with van der Waals surface area (Å²) >= 11 is 0. The fraction of sp³-hybridized carbons (Fsp3) is 0.353. The van der Waals surface area contributed by atoms with Crippen molar-refractivity contribution >= 4 is 24.0 Å². The molecule has 0 aliphatic heterocycles. The third-order valence-electron chi connectivity index (χ3n) is 2.92. The highest BCUT2D eigenvalue weighted by atomic mass is 19.4. The van der Waals surface area contributed by atoms with Gasteiger partial charge in [-0.2, -0.15) is 13.2 Å². The highest BCUT2D eigenvalue weighted by Crippen LogP contribution is 2.29. The molecule has 142 valence electrons. The predicted octanol–water partition coefficient (Wildman–Crippen LogP) is 2.74. The average Bonchev–Trinajstić information content (AvgIpc) is 2.56. The number of carbonyl (C=O) groups excluding carboxylic acids is 3. The van der Waals surface area contributed by atoms with Gasteiger partial charge in [0.2, 0.25) is 0 Å². The maximum Gasteiger partial charge on any atom is 0.416 e. The molecule has 0 fully saturated rings. The number of carbonyl (C=O) groups is 3. The number of halogens is 3. The first-order valence-corrected chi connectivity index (χ1v) is 7.67. The van der Waals surface area contributed by atoms with E-state index < -0.39 is 36.3 Å². The number of imide groups is 1. The van der Waals surface area contributed by atoms with Gasteiger partial charge >= 0.3 is 18.2 Å². The summed E-state index contributed by atoms with van der Waals surface area (Å²) in [5, 5.41) is 4.44. The van der Waals surface area contributed by atoms with Crippen molar-refractivity contribution < 1.29 is 32.3 Å². The van der Waals surface area contributed by atoms with Crippen LogP contribution in [0.1, 0.15) is 25.0 Å². The molecule has 1 aromatic rings. The van der Waals surface area contributed by atoms with Crippen molar-refractivity contribution in [1.29, 1.82) is 0 Å². The molecule has 0 spiro atoms. The molecule has 0 unspecified atom stereocenters. The van der Waals surface area contributed by atoms with Crippen LogP contribution in [-0.2, 0) is 20.5 Å². The number of ether oxygens (including phenoxy) is 1. The number of urea groups is 1. The molecular weight excluding hydrogens is 353 g/mol. The number of nitrogens with one attached hydrogen (secondary N) is 2. The van der Waals surface area contributed by atoms with Crippen LogP contribution in [0.5, 0.6) is 0 Å². The van der Waals surface area contributed by atoms with E-state index in [2.05, 4.69) is 10.1 Å². The lowest BCUT2D eigenvalue weighted by atomic mass is 10.1. The highest BCUT2D eigenvalue weighted by Gasteiger charge is 2.29.